The Labute approximate surface area is 92.2 Å². The first-order chi connectivity index (χ1) is 6.57. The van der Waals surface area contributed by atoms with E-state index >= 15 is 0 Å². The molecule has 0 saturated carbocycles. The number of hydrogen-bond donors (Lipinski definition) is 1. The van der Waals surface area contributed by atoms with E-state index in [9.17, 15) is 4.57 Å². The molecule has 0 aromatic carbocycles. The largest absolute Gasteiger partial charge is 0.329 e. The van der Waals surface area contributed by atoms with Gasteiger partial charge in [-0.25, -0.2) is 4.98 Å². The lowest BCUT2D eigenvalue weighted by Gasteiger charge is -2.10. The van der Waals surface area contributed by atoms with Gasteiger partial charge in [-0.3, -0.25) is 9.40 Å². The van der Waals surface area contributed by atoms with Crippen LogP contribution in [0.3, 0.4) is 0 Å². The first-order valence-electron chi connectivity index (χ1n) is 4.09. The van der Waals surface area contributed by atoms with E-state index in [2.05, 4.69) is 9.82 Å². The highest BCUT2D eigenvalue weighted by Crippen LogP contribution is 2.46. The van der Waals surface area contributed by atoms with Crippen LogP contribution in [0.4, 0.5) is 5.13 Å². The lowest BCUT2D eigenvalue weighted by Crippen LogP contribution is -1.93. The summed E-state index contributed by atoms with van der Waals surface area (Å²) in [5.41, 5.74) is 0.748. The van der Waals surface area contributed by atoms with Gasteiger partial charge in [-0.05, 0) is 6.92 Å². The van der Waals surface area contributed by atoms with E-state index in [1.165, 1.54) is 11.3 Å². The molecule has 0 fully saturated rings. The molecule has 0 aliphatic rings. The second-order valence-corrected chi connectivity index (χ2v) is 6.48. The van der Waals surface area contributed by atoms with Crippen LogP contribution in [-0.4, -0.2) is 18.3 Å². The van der Waals surface area contributed by atoms with Crippen molar-refractivity contribution < 1.29 is 9.09 Å². The summed E-state index contributed by atoms with van der Waals surface area (Å²) < 4.78 is 16.9. The van der Waals surface area contributed by atoms with Gasteiger partial charge in [0.05, 0.1) is 18.5 Å². The van der Waals surface area contributed by atoms with Gasteiger partial charge in [-0.1, -0.05) is 0 Å². The zero-order valence-corrected chi connectivity index (χ0v) is 10.5. The third kappa shape index (κ3) is 3.58. The van der Waals surface area contributed by atoms with E-state index in [1.54, 1.807) is 6.66 Å². The molecule has 14 heavy (non-hydrogen) atoms. The average Bonchev–Trinajstić information content (AvgIpc) is 2.51. The summed E-state index contributed by atoms with van der Waals surface area (Å²) in [6.45, 7) is 3.89. The molecule has 1 N–H and O–H groups in total. The summed E-state index contributed by atoms with van der Waals surface area (Å²) in [6, 6.07) is 0. The van der Waals surface area contributed by atoms with Crippen molar-refractivity contribution in [1.82, 2.24) is 4.98 Å². The summed E-state index contributed by atoms with van der Waals surface area (Å²) in [5.74, 6) is 0. The number of hydrogen-bond acceptors (Lipinski definition) is 5. The van der Waals surface area contributed by atoms with Crippen molar-refractivity contribution in [2.75, 3.05) is 18.1 Å². The van der Waals surface area contributed by atoms with Crippen LogP contribution in [0.15, 0.2) is 5.38 Å². The molecule has 0 amide bonds. The second kappa shape index (κ2) is 5.12. The Morgan fingerprint density at radius 1 is 1.79 bits per heavy atom. The third-order valence-electron chi connectivity index (χ3n) is 1.48. The maximum Gasteiger partial charge on any atom is 0.206 e. The zero-order valence-electron chi connectivity index (χ0n) is 7.99. The molecule has 0 saturated heterocycles. The number of halogens is 1. The lowest BCUT2D eigenvalue weighted by molar-refractivity contribution is 0.336. The summed E-state index contributed by atoms with van der Waals surface area (Å²) in [6.07, 6.45) is 0.357. The molecule has 0 bridgehead atoms. The smallest absolute Gasteiger partial charge is 0.206 e. The van der Waals surface area contributed by atoms with Gasteiger partial charge in [0.25, 0.3) is 0 Å². The van der Waals surface area contributed by atoms with Gasteiger partial charge in [0.2, 0.25) is 7.37 Å². The predicted molar refractivity (Wildman–Crippen MR) is 60.5 cm³/mol. The number of rotatable bonds is 5. The van der Waals surface area contributed by atoms with Crippen LogP contribution in [0.1, 0.15) is 12.6 Å². The molecule has 0 aliphatic carbocycles. The summed E-state index contributed by atoms with van der Waals surface area (Å²) in [7, 11) is -2.54. The van der Waals surface area contributed by atoms with Crippen molar-refractivity contribution in [2.45, 2.75) is 13.1 Å². The zero-order chi connectivity index (χ0) is 10.6. The molecular formula is C7H12ClN2O2PS. The van der Waals surface area contributed by atoms with Crippen LogP contribution in [0.2, 0.25) is 0 Å². The maximum atomic E-state index is 11.8. The van der Waals surface area contributed by atoms with Gasteiger partial charge >= 0.3 is 0 Å². The van der Waals surface area contributed by atoms with Crippen LogP contribution in [0.25, 0.3) is 0 Å². The van der Waals surface area contributed by atoms with Crippen molar-refractivity contribution in [3.63, 3.8) is 0 Å². The Morgan fingerprint density at radius 2 is 2.50 bits per heavy atom. The maximum absolute atomic E-state index is 11.8. The molecule has 4 nitrogen and oxygen atoms in total. The standard InChI is InChI=1S/C7H12ClN2O2PS/c1-3-12-13(2,11)4-6-5-14-7(9-6)10-8/h5H,3-4H2,1-2H3,(H,9,10)/t13-/m0/s1. The van der Waals surface area contributed by atoms with Crippen molar-refractivity contribution in [2.24, 2.45) is 0 Å². The Balaban J connectivity index is 2.63. The Morgan fingerprint density at radius 3 is 3.00 bits per heavy atom. The van der Waals surface area contributed by atoms with Gasteiger partial charge in [0.15, 0.2) is 5.13 Å². The SMILES string of the molecule is CCO[P@](C)(=O)Cc1csc(NCl)n1. The van der Waals surface area contributed by atoms with Crippen LogP contribution in [0.5, 0.6) is 0 Å². The van der Waals surface area contributed by atoms with Gasteiger partial charge in [0, 0.05) is 23.8 Å². The molecular weight excluding hydrogens is 243 g/mol. The van der Waals surface area contributed by atoms with Gasteiger partial charge in [-0.15, -0.1) is 11.3 Å². The molecule has 0 spiro atoms. The van der Waals surface area contributed by atoms with E-state index in [-0.39, 0.29) is 0 Å². The Bertz CT molecular complexity index is 344. The number of anilines is 1. The third-order valence-corrected chi connectivity index (χ3v) is 4.28. The predicted octanol–water partition coefficient (Wildman–Crippen LogP) is 3.15. The van der Waals surface area contributed by atoms with Crippen LogP contribution in [-0.2, 0) is 15.3 Å². The van der Waals surface area contributed by atoms with Crippen LogP contribution >= 0.6 is 30.5 Å². The van der Waals surface area contributed by atoms with Gasteiger partial charge in [0.1, 0.15) is 0 Å². The van der Waals surface area contributed by atoms with Crippen molar-refractivity contribution >= 4 is 35.6 Å². The number of nitrogens with zero attached hydrogens (tertiary/aromatic N) is 1. The lowest BCUT2D eigenvalue weighted by atomic mass is 10.6. The molecule has 1 aromatic rings. The fraction of sp³-hybridized carbons (Fsp3) is 0.571. The summed E-state index contributed by atoms with van der Waals surface area (Å²) in [4.78, 5) is 6.53. The average molecular weight is 255 g/mol. The van der Waals surface area contributed by atoms with Gasteiger partial charge < -0.3 is 4.52 Å². The highest BCUT2D eigenvalue weighted by Gasteiger charge is 2.17. The molecule has 1 aromatic heterocycles. The van der Waals surface area contributed by atoms with Crippen molar-refractivity contribution in [3.05, 3.63) is 11.1 Å². The summed E-state index contributed by atoms with van der Waals surface area (Å²) >= 11 is 6.75. The fourth-order valence-corrected chi connectivity index (χ4v) is 3.32. The molecule has 80 valence electrons. The fourth-order valence-electron chi connectivity index (χ4n) is 1.04. The van der Waals surface area contributed by atoms with Crippen molar-refractivity contribution in [3.8, 4) is 0 Å². The normalized spacial score (nSPS) is 15.1. The minimum atomic E-state index is -2.54. The summed E-state index contributed by atoms with van der Waals surface area (Å²) in [5, 5.41) is 2.43. The first-order valence-corrected chi connectivity index (χ1v) is 7.61. The molecule has 0 unspecified atom stereocenters. The number of thiazole rings is 1. The molecule has 0 aliphatic heterocycles. The molecule has 7 heteroatoms. The topological polar surface area (TPSA) is 51.2 Å². The number of nitrogens with one attached hydrogen (secondary N) is 1. The molecule has 0 radical (unpaired) electrons. The Kier molecular flexibility index (Phi) is 4.38. The molecule has 1 heterocycles. The first kappa shape index (κ1) is 12.0. The van der Waals surface area contributed by atoms with E-state index < -0.39 is 7.37 Å². The van der Waals surface area contributed by atoms with Crippen LogP contribution in [0, 0.1) is 0 Å². The molecule has 1 rings (SSSR count). The van der Waals surface area contributed by atoms with E-state index in [1.807, 2.05) is 12.3 Å². The van der Waals surface area contributed by atoms with Crippen molar-refractivity contribution in [1.29, 1.82) is 0 Å². The van der Waals surface area contributed by atoms with E-state index in [4.69, 9.17) is 16.3 Å². The van der Waals surface area contributed by atoms with Gasteiger partial charge in [-0.2, -0.15) is 0 Å². The quantitative estimate of drug-likeness (QED) is 0.648. The highest BCUT2D eigenvalue weighted by atomic mass is 35.5. The monoisotopic (exact) mass is 254 g/mol. The van der Waals surface area contributed by atoms with E-state index in [0.717, 1.165) is 5.69 Å². The molecule has 1 atom stereocenters. The minimum absolute atomic E-state index is 0.357. The Hall–Kier alpha value is -0.0900. The number of aromatic nitrogens is 1. The van der Waals surface area contributed by atoms with E-state index in [0.29, 0.717) is 17.9 Å². The minimum Gasteiger partial charge on any atom is -0.329 e. The second-order valence-electron chi connectivity index (χ2n) is 2.83. The highest BCUT2D eigenvalue weighted by molar-refractivity contribution is 7.57. The van der Waals surface area contributed by atoms with Crippen LogP contribution < -0.4 is 4.84 Å².